The summed E-state index contributed by atoms with van der Waals surface area (Å²) in [5, 5.41) is 14.7. The van der Waals surface area contributed by atoms with Crippen molar-refractivity contribution in [2.24, 2.45) is 12.0 Å². The van der Waals surface area contributed by atoms with E-state index >= 15 is 0 Å². The first-order chi connectivity index (χ1) is 10.7. The molecular formula is C16H24N6. The van der Waals surface area contributed by atoms with Gasteiger partial charge in [-0.05, 0) is 25.3 Å². The minimum absolute atomic E-state index is 0.607. The average Bonchev–Trinajstić information content (AvgIpc) is 2.87. The Bertz CT molecular complexity index is 602. The maximum absolute atomic E-state index is 4.22. The summed E-state index contributed by atoms with van der Waals surface area (Å²) in [6.45, 7) is 3.43. The van der Waals surface area contributed by atoms with Crippen molar-refractivity contribution >= 4 is 5.96 Å². The Morgan fingerprint density at radius 3 is 2.59 bits per heavy atom. The summed E-state index contributed by atoms with van der Waals surface area (Å²) in [5.74, 6) is 2.58. The van der Waals surface area contributed by atoms with Gasteiger partial charge < -0.3 is 15.2 Å². The van der Waals surface area contributed by atoms with Gasteiger partial charge in [0.15, 0.2) is 11.8 Å². The molecule has 2 aromatic rings. The van der Waals surface area contributed by atoms with Crippen LogP contribution in [0.15, 0.2) is 35.3 Å². The van der Waals surface area contributed by atoms with E-state index in [0.29, 0.717) is 6.54 Å². The van der Waals surface area contributed by atoms with E-state index in [1.54, 1.807) is 7.05 Å². The fraction of sp³-hybridized carbons (Fsp3) is 0.438. The van der Waals surface area contributed by atoms with Gasteiger partial charge in [-0.25, -0.2) is 0 Å². The number of hydrogen-bond donors (Lipinski definition) is 2. The summed E-state index contributed by atoms with van der Waals surface area (Å²) in [6.07, 6.45) is 2.13. The fourth-order valence-corrected chi connectivity index (χ4v) is 2.13. The zero-order valence-corrected chi connectivity index (χ0v) is 13.5. The van der Waals surface area contributed by atoms with Crippen molar-refractivity contribution in [1.82, 2.24) is 25.4 Å². The lowest BCUT2D eigenvalue weighted by Gasteiger charge is -2.11. The molecule has 0 spiro atoms. The number of guanidine groups is 1. The van der Waals surface area contributed by atoms with Crippen molar-refractivity contribution in [3.05, 3.63) is 47.5 Å². The average molecular weight is 300 g/mol. The van der Waals surface area contributed by atoms with Crippen LogP contribution in [0.4, 0.5) is 0 Å². The van der Waals surface area contributed by atoms with Gasteiger partial charge in [-0.3, -0.25) is 4.99 Å². The van der Waals surface area contributed by atoms with Gasteiger partial charge in [0.25, 0.3) is 0 Å². The molecule has 0 fully saturated rings. The number of nitrogens with one attached hydrogen (secondary N) is 2. The number of aliphatic imine (C=N–C) groups is 1. The van der Waals surface area contributed by atoms with Gasteiger partial charge in [-0.2, -0.15) is 0 Å². The van der Waals surface area contributed by atoms with E-state index < -0.39 is 0 Å². The number of rotatable bonds is 6. The Hall–Kier alpha value is -2.37. The largest absolute Gasteiger partial charge is 0.356 e. The van der Waals surface area contributed by atoms with E-state index in [9.17, 15) is 0 Å². The van der Waals surface area contributed by atoms with Crippen molar-refractivity contribution in [3.63, 3.8) is 0 Å². The molecule has 0 aliphatic carbocycles. The SMILES string of the molecule is CN=C(NCCCc1ccccc1)NCc1nnc(C)n1C. The van der Waals surface area contributed by atoms with Gasteiger partial charge in [0, 0.05) is 20.6 Å². The van der Waals surface area contributed by atoms with Crippen LogP contribution >= 0.6 is 0 Å². The summed E-state index contributed by atoms with van der Waals surface area (Å²) >= 11 is 0. The maximum Gasteiger partial charge on any atom is 0.191 e. The van der Waals surface area contributed by atoms with Crippen LogP contribution in [0.3, 0.4) is 0 Å². The number of benzene rings is 1. The van der Waals surface area contributed by atoms with E-state index in [1.807, 2.05) is 24.6 Å². The van der Waals surface area contributed by atoms with Gasteiger partial charge in [-0.1, -0.05) is 30.3 Å². The molecule has 1 aromatic carbocycles. The summed E-state index contributed by atoms with van der Waals surface area (Å²) in [7, 11) is 3.73. The molecule has 2 rings (SSSR count). The van der Waals surface area contributed by atoms with Crippen molar-refractivity contribution in [1.29, 1.82) is 0 Å². The lowest BCUT2D eigenvalue weighted by atomic mass is 10.1. The highest BCUT2D eigenvalue weighted by atomic mass is 15.3. The summed E-state index contributed by atoms with van der Waals surface area (Å²) in [4.78, 5) is 4.22. The van der Waals surface area contributed by atoms with Crippen LogP contribution in [0, 0.1) is 6.92 Å². The monoisotopic (exact) mass is 300 g/mol. The van der Waals surface area contributed by atoms with Gasteiger partial charge >= 0.3 is 0 Å². The highest BCUT2D eigenvalue weighted by Gasteiger charge is 2.05. The molecule has 1 heterocycles. The van der Waals surface area contributed by atoms with Crippen LogP contribution in [0.2, 0.25) is 0 Å². The van der Waals surface area contributed by atoms with Crippen LogP contribution in [-0.4, -0.2) is 34.3 Å². The summed E-state index contributed by atoms with van der Waals surface area (Å²) in [6, 6.07) is 10.5. The Balaban J connectivity index is 1.70. The van der Waals surface area contributed by atoms with Crippen molar-refractivity contribution in [2.75, 3.05) is 13.6 Å². The van der Waals surface area contributed by atoms with E-state index in [0.717, 1.165) is 37.0 Å². The molecule has 0 aliphatic heterocycles. The normalized spacial score (nSPS) is 11.5. The summed E-state index contributed by atoms with van der Waals surface area (Å²) in [5.41, 5.74) is 1.36. The molecule has 118 valence electrons. The predicted molar refractivity (Wildman–Crippen MR) is 88.7 cm³/mol. The van der Waals surface area contributed by atoms with E-state index in [1.165, 1.54) is 5.56 Å². The lowest BCUT2D eigenvalue weighted by Crippen LogP contribution is -2.38. The van der Waals surface area contributed by atoms with Crippen LogP contribution in [0.1, 0.15) is 23.6 Å². The molecule has 0 atom stereocenters. The molecule has 0 radical (unpaired) electrons. The fourth-order valence-electron chi connectivity index (χ4n) is 2.13. The minimum Gasteiger partial charge on any atom is -0.356 e. The molecule has 0 saturated heterocycles. The second kappa shape index (κ2) is 8.17. The number of nitrogens with zero attached hydrogens (tertiary/aromatic N) is 4. The lowest BCUT2D eigenvalue weighted by molar-refractivity contribution is 0.704. The first-order valence-electron chi connectivity index (χ1n) is 7.54. The molecule has 0 amide bonds. The standard InChI is InChI=1S/C16H24N6/c1-13-20-21-15(22(13)3)12-19-16(17-2)18-11-7-10-14-8-5-4-6-9-14/h4-6,8-9H,7,10-12H2,1-3H3,(H2,17,18,19). The van der Waals surface area contributed by atoms with E-state index in [-0.39, 0.29) is 0 Å². The number of aromatic nitrogens is 3. The Morgan fingerprint density at radius 2 is 1.95 bits per heavy atom. The third-order valence-electron chi connectivity index (χ3n) is 3.60. The van der Waals surface area contributed by atoms with E-state index in [4.69, 9.17) is 0 Å². The van der Waals surface area contributed by atoms with Crippen molar-refractivity contribution < 1.29 is 0 Å². The van der Waals surface area contributed by atoms with Crippen LogP contribution in [0.5, 0.6) is 0 Å². The quantitative estimate of drug-likeness (QED) is 0.481. The highest BCUT2D eigenvalue weighted by Crippen LogP contribution is 2.01. The van der Waals surface area contributed by atoms with Crippen LogP contribution in [-0.2, 0) is 20.0 Å². The molecule has 0 unspecified atom stereocenters. The smallest absolute Gasteiger partial charge is 0.191 e. The molecule has 0 saturated carbocycles. The molecule has 0 bridgehead atoms. The van der Waals surface area contributed by atoms with Crippen molar-refractivity contribution in [3.8, 4) is 0 Å². The third kappa shape index (κ3) is 4.58. The van der Waals surface area contributed by atoms with Gasteiger partial charge in [-0.15, -0.1) is 10.2 Å². The highest BCUT2D eigenvalue weighted by molar-refractivity contribution is 5.79. The third-order valence-corrected chi connectivity index (χ3v) is 3.60. The predicted octanol–water partition coefficient (Wildman–Crippen LogP) is 1.42. The van der Waals surface area contributed by atoms with Crippen molar-refractivity contribution in [2.45, 2.75) is 26.3 Å². The molecule has 2 N–H and O–H groups in total. The zero-order valence-electron chi connectivity index (χ0n) is 13.5. The first-order valence-corrected chi connectivity index (χ1v) is 7.54. The molecule has 6 heteroatoms. The molecule has 6 nitrogen and oxygen atoms in total. The van der Waals surface area contributed by atoms with Crippen LogP contribution < -0.4 is 10.6 Å². The molecular weight excluding hydrogens is 276 g/mol. The Morgan fingerprint density at radius 1 is 1.18 bits per heavy atom. The molecule has 0 aliphatic rings. The first kappa shape index (κ1) is 16.0. The topological polar surface area (TPSA) is 67.1 Å². The molecule has 1 aromatic heterocycles. The Labute approximate surface area is 131 Å². The second-order valence-electron chi connectivity index (χ2n) is 5.16. The van der Waals surface area contributed by atoms with Gasteiger partial charge in [0.2, 0.25) is 0 Å². The molecule has 22 heavy (non-hydrogen) atoms. The van der Waals surface area contributed by atoms with Gasteiger partial charge in [0.05, 0.1) is 6.54 Å². The second-order valence-corrected chi connectivity index (χ2v) is 5.16. The Kier molecular flexibility index (Phi) is 5.94. The minimum atomic E-state index is 0.607. The number of hydrogen-bond acceptors (Lipinski definition) is 3. The van der Waals surface area contributed by atoms with Crippen LogP contribution in [0.25, 0.3) is 0 Å². The zero-order chi connectivity index (χ0) is 15.8. The van der Waals surface area contributed by atoms with Gasteiger partial charge in [0.1, 0.15) is 5.82 Å². The van der Waals surface area contributed by atoms with E-state index in [2.05, 4.69) is 50.1 Å². The maximum atomic E-state index is 4.22. The summed E-state index contributed by atoms with van der Waals surface area (Å²) < 4.78 is 1.97. The number of aryl methyl sites for hydroxylation is 2.